The van der Waals surface area contributed by atoms with Gasteiger partial charge in [0.15, 0.2) is 0 Å². The molecule has 0 saturated heterocycles. The molecule has 0 fully saturated rings. The summed E-state index contributed by atoms with van der Waals surface area (Å²) in [6.45, 7) is 6.41. The number of rotatable bonds is 4. The zero-order valence-corrected chi connectivity index (χ0v) is 28.2. The summed E-state index contributed by atoms with van der Waals surface area (Å²) < 4.78 is 4.84. The van der Waals surface area contributed by atoms with Crippen LogP contribution in [0, 0.1) is 0 Å². The van der Waals surface area contributed by atoms with Crippen molar-refractivity contribution in [2.75, 3.05) is 0 Å². The van der Waals surface area contributed by atoms with E-state index in [0.29, 0.717) is 0 Å². The first-order chi connectivity index (χ1) is 25.2. The van der Waals surface area contributed by atoms with Gasteiger partial charge in [0.2, 0.25) is 0 Å². The highest BCUT2D eigenvalue weighted by Gasteiger charge is 2.22. The van der Waals surface area contributed by atoms with Crippen LogP contribution in [0.15, 0.2) is 170 Å². The predicted octanol–water partition coefficient (Wildman–Crippen LogP) is 13.3. The molecule has 8 aromatic carbocycles. The third kappa shape index (κ3) is 3.93. The molecule has 11 rings (SSSR count). The molecule has 0 radical (unpaired) electrons. The SMILES string of the molecule is C=CC1=C(C)c2cccc3cc(-n4c5ccccc5c5cc(-c6ccc7c(c6)c6cc8ccccc8cc6n7-c6ccccc6)ccc54)cc1c23. The fourth-order valence-electron chi connectivity index (χ4n) is 8.85. The first-order valence-corrected chi connectivity index (χ1v) is 17.6. The van der Waals surface area contributed by atoms with Crippen LogP contribution in [-0.2, 0) is 0 Å². The molecule has 1 aliphatic carbocycles. The maximum Gasteiger partial charge on any atom is 0.0547 e. The van der Waals surface area contributed by atoms with Crippen LogP contribution in [0.1, 0.15) is 18.1 Å². The second-order valence-electron chi connectivity index (χ2n) is 13.8. The molecule has 0 atom stereocenters. The molecule has 10 aromatic rings. The van der Waals surface area contributed by atoms with Crippen molar-refractivity contribution < 1.29 is 0 Å². The van der Waals surface area contributed by atoms with Gasteiger partial charge in [-0.15, -0.1) is 0 Å². The second kappa shape index (κ2) is 10.4. The summed E-state index contributed by atoms with van der Waals surface area (Å²) in [5.74, 6) is 0. The van der Waals surface area contributed by atoms with Crippen LogP contribution in [0.25, 0.3) is 98.8 Å². The Morgan fingerprint density at radius 3 is 1.80 bits per heavy atom. The van der Waals surface area contributed by atoms with Crippen molar-refractivity contribution in [3.05, 3.63) is 182 Å². The number of hydrogen-bond acceptors (Lipinski definition) is 0. The fraction of sp³-hybridized carbons (Fsp3) is 0.0204. The first-order valence-electron chi connectivity index (χ1n) is 17.6. The summed E-state index contributed by atoms with van der Waals surface area (Å²) in [5, 5.41) is 10.1. The van der Waals surface area contributed by atoms with Crippen LogP contribution >= 0.6 is 0 Å². The quantitative estimate of drug-likeness (QED) is 0.180. The van der Waals surface area contributed by atoms with Crippen molar-refractivity contribution in [1.29, 1.82) is 0 Å². The monoisotopic (exact) mass is 648 g/mol. The average molecular weight is 649 g/mol. The van der Waals surface area contributed by atoms with Crippen molar-refractivity contribution in [2.24, 2.45) is 0 Å². The van der Waals surface area contributed by atoms with Gasteiger partial charge in [-0.2, -0.15) is 0 Å². The summed E-state index contributed by atoms with van der Waals surface area (Å²) in [6.07, 6.45) is 2.02. The highest BCUT2D eigenvalue weighted by atomic mass is 15.0. The molecule has 2 nitrogen and oxygen atoms in total. The fourth-order valence-corrected chi connectivity index (χ4v) is 8.85. The average Bonchev–Trinajstić information content (AvgIpc) is 3.78. The third-order valence-corrected chi connectivity index (χ3v) is 11.2. The van der Waals surface area contributed by atoms with Gasteiger partial charge < -0.3 is 9.13 Å². The van der Waals surface area contributed by atoms with Crippen LogP contribution < -0.4 is 0 Å². The van der Waals surface area contributed by atoms with Gasteiger partial charge in [-0.1, -0.05) is 104 Å². The molecule has 2 aromatic heterocycles. The van der Waals surface area contributed by atoms with Gasteiger partial charge in [0.25, 0.3) is 0 Å². The van der Waals surface area contributed by atoms with Gasteiger partial charge in [0.1, 0.15) is 0 Å². The molecule has 2 heteroatoms. The second-order valence-corrected chi connectivity index (χ2v) is 13.8. The van der Waals surface area contributed by atoms with Gasteiger partial charge >= 0.3 is 0 Å². The Morgan fingerprint density at radius 1 is 0.431 bits per heavy atom. The van der Waals surface area contributed by atoms with Crippen molar-refractivity contribution >= 4 is 76.3 Å². The zero-order chi connectivity index (χ0) is 33.8. The molecule has 0 N–H and O–H groups in total. The number of hydrogen-bond donors (Lipinski definition) is 0. The number of fused-ring (bicyclic) bond motifs is 7. The first kappa shape index (κ1) is 28.2. The summed E-state index contributed by atoms with van der Waals surface area (Å²) in [6, 6.07) is 58.2. The Morgan fingerprint density at radius 2 is 1.04 bits per heavy atom. The van der Waals surface area contributed by atoms with E-state index in [1.165, 1.54) is 110 Å². The van der Waals surface area contributed by atoms with E-state index in [9.17, 15) is 0 Å². The minimum absolute atomic E-state index is 1.17. The molecule has 0 unspecified atom stereocenters. The van der Waals surface area contributed by atoms with Crippen molar-refractivity contribution in [3.63, 3.8) is 0 Å². The van der Waals surface area contributed by atoms with Crippen molar-refractivity contribution in [3.8, 4) is 22.5 Å². The molecule has 51 heavy (non-hydrogen) atoms. The van der Waals surface area contributed by atoms with Crippen LogP contribution in [0.3, 0.4) is 0 Å². The van der Waals surface area contributed by atoms with Gasteiger partial charge in [-0.25, -0.2) is 0 Å². The van der Waals surface area contributed by atoms with E-state index >= 15 is 0 Å². The topological polar surface area (TPSA) is 9.86 Å². The lowest BCUT2D eigenvalue weighted by molar-refractivity contribution is 1.18. The maximum atomic E-state index is 4.19. The number of nitrogens with zero attached hydrogens (tertiary/aromatic N) is 2. The minimum atomic E-state index is 1.17. The molecule has 2 heterocycles. The Kier molecular flexibility index (Phi) is 5.77. The largest absolute Gasteiger partial charge is 0.309 e. The van der Waals surface area contributed by atoms with Crippen molar-refractivity contribution in [1.82, 2.24) is 9.13 Å². The molecule has 0 amide bonds. The van der Waals surface area contributed by atoms with E-state index in [-0.39, 0.29) is 0 Å². The molecular weight excluding hydrogens is 617 g/mol. The molecule has 1 aliphatic rings. The van der Waals surface area contributed by atoms with Crippen LogP contribution in [0.4, 0.5) is 0 Å². The van der Waals surface area contributed by atoms with Crippen LogP contribution in [-0.4, -0.2) is 9.13 Å². The van der Waals surface area contributed by atoms with Gasteiger partial charge in [0, 0.05) is 32.9 Å². The van der Waals surface area contributed by atoms with Gasteiger partial charge in [0.05, 0.1) is 22.1 Å². The highest BCUT2D eigenvalue weighted by molar-refractivity contribution is 6.18. The lowest BCUT2D eigenvalue weighted by atomic mass is 9.99. The van der Waals surface area contributed by atoms with Gasteiger partial charge in [-0.3, -0.25) is 0 Å². The molecule has 238 valence electrons. The third-order valence-electron chi connectivity index (χ3n) is 11.2. The van der Waals surface area contributed by atoms with E-state index in [1.54, 1.807) is 0 Å². The number of benzene rings is 8. The Balaban J connectivity index is 1.13. The maximum absolute atomic E-state index is 4.19. The smallest absolute Gasteiger partial charge is 0.0547 e. The molecule has 0 aliphatic heterocycles. The molecular formula is C49H32N2. The summed E-state index contributed by atoms with van der Waals surface area (Å²) >= 11 is 0. The zero-order valence-electron chi connectivity index (χ0n) is 28.2. The normalized spacial score (nSPS) is 12.8. The standard InChI is InChI=1S/C49H32N2/c1-3-38-30(2)39-18-11-14-35-24-37(29-44(38)49(35)39)51-45-19-10-9-17-40(45)41-26-33(20-22-46(41)51)34-21-23-47-42(27-34)43-25-31-12-7-8-13-32(31)28-48(43)50(47)36-15-5-4-6-16-36/h3-29H,1H2,2H3. The highest BCUT2D eigenvalue weighted by Crippen LogP contribution is 2.45. The summed E-state index contributed by atoms with van der Waals surface area (Å²) in [4.78, 5) is 0. The molecule has 0 saturated carbocycles. The number of allylic oxidation sites excluding steroid dienone is 3. The molecule has 0 bridgehead atoms. The Bertz CT molecular complexity index is 3150. The molecule has 0 spiro atoms. The van der Waals surface area contributed by atoms with Crippen molar-refractivity contribution in [2.45, 2.75) is 6.92 Å². The minimum Gasteiger partial charge on any atom is -0.309 e. The Labute approximate surface area is 295 Å². The van der Waals surface area contributed by atoms with E-state index in [4.69, 9.17) is 0 Å². The van der Waals surface area contributed by atoms with Crippen LogP contribution in [0.2, 0.25) is 0 Å². The predicted molar refractivity (Wildman–Crippen MR) is 218 cm³/mol. The van der Waals surface area contributed by atoms with Gasteiger partial charge in [-0.05, 0) is 129 Å². The number of para-hydroxylation sites is 2. The van der Waals surface area contributed by atoms with E-state index in [1.807, 2.05) is 6.08 Å². The summed E-state index contributed by atoms with van der Waals surface area (Å²) in [5.41, 5.74) is 14.7. The van der Waals surface area contributed by atoms with E-state index in [0.717, 1.165) is 0 Å². The lowest BCUT2D eigenvalue weighted by Gasteiger charge is -2.12. The number of aromatic nitrogens is 2. The van der Waals surface area contributed by atoms with Crippen LogP contribution in [0.5, 0.6) is 0 Å². The van der Waals surface area contributed by atoms with E-state index in [2.05, 4.69) is 180 Å². The van der Waals surface area contributed by atoms with E-state index < -0.39 is 0 Å². The Hall–Kier alpha value is -6.64. The lowest BCUT2D eigenvalue weighted by Crippen LogP contribution is -1.96. The summed E-state index contributed by atoms with van der Waals surface area (Å²) in [7, 11) is 0.